The van der Waals surface area contributed by atoms with Crippen LogP contribution in [0, 0.1) is 0 Å². The van der Waals surface area contributed by atoms with Crippen molar-refractivity contribution in [2.45, 2.75) is 19.8 Å². The van der Waals surface area contributed by atoms with E-state index in [2.05, 4.69) is 11.9 Å². The molecule has 2 heterocycles. The third-order valence-electron chi connectivity index (χ3n) is 3.87. The van der Waals surface area contributed by atoms with Gasteiger partial charge in [-0.1, -0.05) is 24.9 Å². The summed E-state index contributed by atoms with van der Waals surface area (Å²) in [5, 5.41) is 0.614. The molecule has 3 rings (SSSR count). The van der Waals surface area contributed by atoms with Crippen molar-refractivity contribution in [2.75, 3.05) is 14.2 Å². The lowest BCUT2D eigenvalue weighted by molar-refractivity contribution is 0.396. The maximum absolute atomic E-state index is 6.49. The summed E-state index contributed by atoms with van der Waals surface area (Å²) in [5.74, 6) is 1.48. The van der Waals surface area contributed by atoms with Gasteiger partial charge in [0, 0.05) is 18.6 Å². The average Bonchev–Trinajstić information content (AvgIpc) is 3.03. The zero-order valence-corrected chi connectivity index (χ0v) is 14.2. The molecular weight excluding hydrogens is 312 g/mol. The molecule has 0 unspecified atom stereocenters. The first kappa shape index (κ1) is 15.7. The van der Waals surface area contributed by atoms with Crippen molar-refractivity contribution in [3.8, 4) is 22.6 Å². The lowest BCUT2D eigenvalue weighted by Gasteiger charge is -2.17. The van der Waals surface area contributed by atoms with Crippen molar-refractivity contribution in [2.24, 2.45) is 0 Å². The minimum Gasteiger partial charge on any atom is -0.496 e. The highest BCUT2D eigenvalue weighted by atomic mass is 35.5. The Kier molecular flexibility index (Phi) is 4.44. The smallest absolute Gasteiger partial charge is 0.146 e. The summed E-state index contributed by atoms with van der Waals surface area (Å²) in [6.45, 7) is 2.15. The average molecular weight is 331 g/mol. The Morgan fingerprint density at radius 3 is 2.39 bits per heavy atom. The topological polar surface area (TPSA) is 35.8 Å². The number of methoxy groups -OCH3 is 2. The summed E-state index contributed by atoms with van der Waals surface area (Å²) in [6.07, 6.45) is 7.55. The SMILES string of the molecule is CCCc1cc(OC)c(-c2c(Cl)ccn3ccnc23)c(OC)c1. The minimum atomic E-state index is 0.614. The number of benzene rings is 1. The van der Waals surface area contributed by atoms with Crippen molar-refractivity contribution >= 4 is 17.2 Å². The minimum absolute atomic E-state index is 0.614. The van der Waals surface area contributed by atoms with Gasteiger partial charge >= 0.3 is 0 Å². The second kappa shape index (κ2) is 6.50. The number of nitrogens with zero attached hydrogens (tertiary/aromatic N) is 2. The van der Waals surface area contributed by atoms with Gasteiger partial charge in [-0.2, -0.15) is 0 Å². The van der Waals surface area contributed by atoms with E-state index in [4.69, 9.17) is 21.1 Å². The molecule has 0 aliphatic carbocycles. The van der Waals surface area contributed by atoms with E-state index in [1.165, 1.54) is 5.56 Å². The summed E-state index contributed by atoms with van der Waals surface area (Å²) < 4.78 is 13.2. The first-order valence-corrected chi connectivity index (χ1v) is 7.93. The number of rotatable bonds is 5. The van der Waals surface area contributed by atoms with Gasteiger partial charge in [-0.15, -0.1) is 0 Å². The van der Waals surface area contributed by atoms with E-state index in [0.29, 0.717) is 5.02 Å². The third-order valence-corrected chi connectivity index (χ3v) is 4.18. The normalized spacial score (nSPS) is 11.0. The molecule has 0 radical (unpaired) electrons. The predicted octanol–water partition coefficient (Wildman–Crippen LogP) is 4.62. The van der Waals surface area contributed by atoms with Crippen LogP contribution < -0.4 is 9.47 Å². The molecule has 3 aromatic rings. The summed E-state index contributed by atoms with van der Waals surface area (Å²) >= 11 is 6.49. The summed E-state index contributed by atoms with van der Waals surface area (Å²) in [4.78, 5) is 4.43. The number of fused-ring (bicyclic) bond motifs is 1. The Balaban J connectivity index is 2.33. The Bertz CT molecular complexity index is 817. The molecular formula is C18H19ClN2O2. The van der Waals surface area contributed by atoms with Gasteiger partial charge in [0.1, 0.15) is 17.1 Å². The zero-order valence-electron chi connectivity index (χ0n) is 13.5. The van der Waals surface area contributed by atoms with E-state index in [9.17, 15) is 0 Å². The van der Waals surface area contributed by atoms with Gasteiger partial charge in [-0.25, -0.2) is 4.98 Å². The number of hydrogen-bond acceptors (Lipinski definition) is 3. The van der Waals surface area contributed by atoms with Gasteiger partial charge in [-0.3, -0.25) is 0 Å². The van der Waals surface area contributed by atoms with Gasteiger partial charge in [0.15, 0.2) is 0 Å². The molecule has 4 nitrogen and oxygen atoms in total. The molecule has 0 spiro atoms. The molecule has 2 aromatic heterocycles. The highest BCUT2D eigenvalue weighted by molar-refractivity contribution is 6.34. The van der Waals surface area contributed by atoms with Crippen LogP contribution in [-0.4, -0.2) is 23.6 Å². The molecule has 0 bridgehead atoms. The Morgan fingerprint density at radius 1 is 1.09 bits per heavy atom. The highest BCUT2D eigenvalue weighted by Crippen LogP contribution is 2.44. The molecule has 0 aliphatic rings. The van der Waals surface area contributed by atoms with Gasteiger partial charge in [-0.05, 0) is 30.2 Å². The number of aromatic nitrogens is 2. The fraction of sp³-hybridized carbons (Fsp3) is 0.278. The van der Waals surface area contributed by atoms with Crippen LogP contribution in [0.1, 0.15) is 18.9 Å². The van der Waals surface area contributed by atoms with Gasteiger partial charge < -0.3 is 13.9 Å². The van der Waals surface area contributed by atoms with E-state index in [0.717, 1.165) is 41.1 Å². The lowest BCUT2D eigenvalue weighted by Crippen LogP contribution is -1.98. The van der Waals surface area contributed by atoms with E-state index in [1.54, 1.807) is 20.4 Å². The van der Waals surface area contributed by atoms with Crippen molar-refractivity contribution in [3.05, 3.63) is 47.4 Å². The van der Waals surface area contributed by atoms with Crippen LogP contribution in [-0.2, 0) is 6.42 Å². The van der Waals surface area contributed by atoms with Crippen molar-refractivity contribution < 1.29 is 9.47 Å². The second-order valence-electron chi connectivity index (χ2n) is 5.32. The van der Waals surface area contributed by atoms with Gasteiger partial charge in [0.05, 0.1) is 30.4 Å². The number of halogens is 1. The highest BCUT2D eigenvalue weighted by Gasteiger charge is 2.20. The Labute approximate surface area is 140 Å². The largest absolute Gasteiger partial charge is 0.496 e. The molecule has 0 fully saturated rings. The van der Waals surface area contributed by atoms with Crippen LogP contribution in [0.2, 0.25) is 5.02 Å². The molecule has 0 aliphatic heterocycles. The summed E-state index contributed by atoms with van der Waals surface area (Å²) in [5.41, 5.74) is 3.60. The second-order valence-corrected chi connectivity index (χ2v) is 5.73. The number of aryl methyl sites for hydroxylation is 1. The zero-order chi connectivity index (χ0) is 16.4. The first-order chi connectivity index (χ1) is 11.2. The standard InChI is InChI=1S/C18H19ClN2O2/c1-4-5-12-10-14(22-2)17(15(11-12)23-3)16-13(19)6-8-21-9-7-20-18(16)21/h6-11H,4-5H2,1-3H3. The maximum Gasteiger partial charge on any atom is 0.146 e. The predicted molar refractivity (Wildman–Crippen MR) is 92.7 cm³/mol. The van der Waals surface area contributed by atoms with Gasteiger partial charge in [0.2, 0.25) is 0 Å². The molecule has 5 heteroatoms. The Morgan fingerprint density at radius 2 is 1.78 bits per heavy atom. The first-order valence-electron chi connectivity index (χ1n) is 7.56. The number of pyridine rings is 1. The summed E-state index contributed by atoms with van der Waals surface area (Å²) in [6, 6.07) is 5.94. The number of hydrogen-bond donors (Lipinski definition) is 0. The number of ether oxygens (including phenoxy) is 2. The maximum atomic E-state index is 6.49. The van der Waals surface area contributed by atoms with Crippen LogP contribution in [0.25, 0.3) is 16.8 Å². The quantitative estimate of drug-likeness (QED) is 0.684. The lowest BCUT2D eigenvalue weighted by atomic mass is 10.00. The molecule has 0 amide bonds. The van der Waals surface area contributed by atoms with Crippen LogP contribution in [0.3, 0.4) is 0 Å². The summed E-state index contributed by atoms with van der Waals surface area (Å²) in [7, 11) is 3.32. The van der Waals surface area contributed by atoms with Crippen LogP contribution in [0.15, 0.2) is 36.8 Å². The Hall–Kier alpha value is -2.20. The van der Waals surface area contributed by atoms with Crippen molar-refractivity contribution in [3.63, 3.8) is 0 Å². The molecule has 0 saturated carbocycles. The fourth-order valence-corrected chi connectivity index (χ4v) is 3.08. The van der Waals surface area contributed by atoms with Crippen molar-refractivity contribution in [1.82, 2.24) is 9.38 Å². The molecule has 0 saturated heterocycles. The van der Waals surface area contributed by atoms with E-state index < -0.39 is 0 Å². The molecule has 23 heavy (non-hydrogen) atoms. The van der Waals surface area contributed by atoms with Gasteiger partial charge in [0.25, 0.3) is 0 Å². The van der Waals surface area contributed by atoms with Crippen LogP contribution >= 0.6 is 11.6 Å². The van der Waals surface area contributed by atoms with Crippen LogP contribution in [0.4, 0.5) is 0 Å². The van der Waals surface area contributed by atoms with E-state index in [-0.39, 0.29) is 0 Å². The fourth-order valence-electron chi connectivity index (χ4n) is 2.84. The van der Waals surface area contributed by atoms with Crippen LogP contribution in [0.5, 0.6) is 11.5 Å². The molecule has 0 N–H and O–H groups in total. The van der Waals surface area contributed by atoms with Crippen molar-refractivity contribution in [1.29, 1.82) is 0 Å². The van der Waals surface area contributed by atoms with E-state index >= 15 is 0 Å². The van der Waals surface area contributed by atoms with E-state index in [1.807, 2.05) is 35.0 Å². The molecule has 120 valence electrons. The molecule has 0 atom stereocenters. The molecule has 1 aromatic carbocycles. The third kappa shape index (κ3) is 2.75. The number of imidazole rings is 1. The monoisotopic (exact) mass is 330 g/mol.